The maximum Gasteiger partial charge on any atom is 0.373 e. The monoisotopic (exact) mass is 730 g/mol. The summed E-state index contributed by atoms with van der Waals surface area (Å²) in [7, 11) is 1.32. The summed E-state index contributed by atoms with van der Waals surface area (Å²) in [6.45, 7) is 4.16. The molecule has 8 nitrogen and oxygen atoms in total. The van der Waals surface area contributed by atoms with Crippen molar-refractivity contribution in [3.63, 3.8) is 0 Å². The quantitative estimate of drug-likeness (QED) is 0.152. The van der Waals surface area contributed by atoms with E-state index in [2.05, 4.69) is 49.9 Å². The van der Waals surface area contributed by atoms with Crippen molar-refractivity contribution in [1.82, 2.24) is 0 Å². The fourth-order valence-corrected chi connectivity index (χ4v) is 4.10. The summed E-state index contributed by atoms with van der Waals surface area (Å²) in [6, 6.07) is 18.5. The molecule has 1 N–H and O–H groups in total. The molecule has 0 aliphatic heterocycles. The maximum absolute atomic E-state index is 11.3. The Morgan fingerprint density at radius 1 is 0.784 bits per heavy atom. The van der Waals surface area contributed by atoms with Gasteiger partial charge in [0.1, 0.15) is 36.2 Å². The van der Waals surface area contributed by atoms with Crippen LogP contribution in [0.4, 0.5) is 0 Å². The van der Waals surface area contributed by atoms with E-state index in [1.54, 1.807) is 19.9 Å². The van der Waals surface area contributed by atoms with Gasteiger partial charge in [-0.25, -0.2) is 9.59 Å². The lowest BCUT2D eigenvalue weighted by Gasteiger charge is -2.05. The number of aryl methyl sites for hydroxylation is 2. The molecule has 0 unspecified atom stereocenters. The van der Waals surface area contributed by atoms with Crippen LogP contribution in [0.1, 0.15) is 43.8 Å². The molecule has 2 aromatic carbocycles. The smallest absolute Gasteiger partial charge is 0.373 e. The van der Waals surface area contributed by atoms with Crippen molar-refractivity contribution in [3.05, 3.63) is 102 Å². The Hall–Kier alpha value is -3.00. The number of methoxy groups -OCH3 is 1. The third kappa shape index (κ3) is 8.52. The van der Waals surface area contributed by atoms with E-state index in [-0.39, 0.29) is 11.5 Å². The summed E-state index contributed by atoms with van der Waals surface area (Å²) >= 11 is 4.43. The maximum atomic E-state index is 11.3. The molecule has 4 aromatic rings. The van der Waals surface area contributed by atoms with Crippen LogP contribution >= 0.6 is 45.2 Å². The van der Waals surface area contributed by atoms with Gasteiger partial charge in [-0.05, 0) is 108 Å². The van der Waals surface area contributed by atoms with Gasteiger partial charge < -0.3 is 28.2 Å². The first-order valence-corrected chi connectivity index (χ1v) is 13.1. The molecule has 194 valence electrons. The Bertz CT molecular complexity index is 1370. The number of aromatic carboxylic acids is 1. The zero-order valence-corrected chi connectivity index (χ0v) is 24.6. The molecule has 0 aliphatic rings. The standard InChI is InChI=1S/C14H13IO4.C13H11IO4/c1-9-10(6-13(19-9)14(16)17-2)8-18-12-5-3-4-11(15)7-12;1-8-9(5-12(18-8)13(15)16)7-17-11-4-2-3-10(14)6-11/h3-7H,8H2,1-2H3;2-6H,7H2,1H3,(H,15,16). The number of rotatable bonds is 8. The first-order valence-electron chi connectivity index (χ1n) is 10.9. The second-order valence-electron chi connectivity index (χ2n) is 7.67. The van der Waals surface area contributed by atoms with E-state index < -0.39 is 11.9 Å². The summed E-state index contributed by atoms with van der Waals surface area (Å²) in [4.78, 5) is 22.1. The van der Waals surface area contributed by atoms with E-state index in [4.69, 9.17) is 23.4 Å². The number of carboxylic acid groups (broad SMARTS) is 1. The molecular weight excluding hydrogens is 706 g/mol. The van der Waals surface area contributed by atoms with Gasteiger partial charge >= 0.3 is 11.9 Å². The van der Waals surface area contributed by atoms with E-state index >= 15 is 0 Å². The van der Waals surface area contributed by atoms with Crippen LogP contribution in [0.25, 0.3) is 0 Å². The molecule has 0 fully saturated rings. The molecule has 0 saturated heterocycles. The minimum atomic E-state index is -1.07. The molecule has 2 heterocycles. The van der Waals surface area contributed by atoms with Gasteiger partial charge in [0.15, 0.2) is 0 Å². The van der Waals surface area contributed by atoms with Crippen LogP contribution in [0.3, 0.4) is 0 Å². The Labute approximate surface area is 241 Å². The highest BCUT2D eigenvalue weighted by Crippen LogP contribution is 2.21. The molecule has 0 spiro atoms. The van der Waals surface area contributed by atoms with Crippen LogP contribution in [-0.2, 0) is 18.0 Å². The van der Waals surface area contributed by atoms with Crippen molar-refractivity contribution >= 4 is 57.1 Å². The largest absolute Gasteiger partial charge is 0.489 e. The first kappa shape index (κ1) is 28.6. The number of esters is 1. The molecular formula is C27H24I2O8. The first-order chi connectivity index (χ1) is 17.7. The number of ether oxygens (including phenoxy) is 3. The zero-order chi connectivity index (χ0) is 26.9. The van der Waals surface area contributed by atoms with E-state index in [1.807, 2.05) is 48.5 Å². The average molecular weight is 730 g/mol. The fraction of sp³-hybridized carbons (Fsp3) is 0.185. The van der Waals surface area contributed by atoms with Gasteiger partial charge in [0.05, 0.1) is 7.11 Å². The summed E-state index contributed by atoms with van der Waals surface area (Å²) in [5.74, 6) is 1.34. The average Bonchev–Trinajstić information content (AvgIpc) is 3.43. The van der Waals surface area contributed by atoms with Gasteiger partial charge in [0.2, 0.25) is 11.5 Å². The Morgan fingerprint density at radius 2 is 1.24 bits per heavy atom. The molecule has 0 saturated carbocycles. The number of halogens is 2. The van der Waals surface area contributed by atoms with Gasteiger partial charge in [-0.2, -0.15) is 0 Å². The molecule has 2 aromatic heterocycles. The number of hydrogen-bond acceptors (Lipinski definition) is 7. The molecule has 0 atom stereocenters. The number of carbonyl (C=O) groups excluding carboxylic acids is 1. The number of furan rings is 2. The molecule has 0 bridgehead atoms. The summed E-state index contributed by atoms with van der Waals surface area (Å²) in [5.41, 5.74) is 1.57. The van der Waals surface area contributed by atoms with Crippen molar-refractivity contribution in [2.24, 2.45) is 0 Å². The molecule has 0 aliphatic carbocycles. The Kier molecular flexibility index (Phi) is 10.4. The highest BCUT2D eigenvalue weighted by molar-refractivity contribution is 14.1. The van der Waals surface area contributed by atoms with Gasteiger partial charge in [0.25, 0.3) is 0 Å². The van der Waals surface area contributed by atoms with Gasteiger partial charge in [-0.15, -0.1) is 0 Å². The number of benzene rings is 2. The fourth-order valence-electron chi connectivity index (χ4n) is 3.07. The van der Waals surface area contributed by atoms with Crippen molar-refractivity contribution in [1.29, 1.82) is 0 Å². The zero-order valence-electron chi connectivity index (χ0n) is 20.2. The summed E-state index contributed by atoms with van der Waals surface area (Å²) in [5, 5.41) is 8.81. The van der Waals surface area contributed by atoms with Gasteiger partial charge in [-0.3, -0.25) is 0 Å². The van der Waals surface area contributed by atoms with E-state index in [9.17, 15) is 9.59 Å². The van der Waals surface area contributed by atoms with Crippen LogP contribution in [-0.4, -0.2) is 24.2 Å². The lowest BCUT2D eigenvalue weighted by Crippen LogP contribution is -1.99. The predicted molar refractivity (Wildman–Crippen MR) is 152 cm³/mol. The highest BCUT2D eigenvalue weighted by atomic mass is 127. The van der Waals surface area contributed by atoms with E-state index in [0.717, 1.165) is 29.8 Å². The molecule has 10 heteroatoms. The Balaban J connectivity index is 0.000000206. The van der Waals surface area contributed by atoms with Crippen LogP contribution < -0.4 is 9.47 Å². The normalized spacial score (nSPS) is 10.3. The number of carbonyl (C=O) groups is 2. The molecule has 37 heavy (non-hydrogen) atoms. The number of hydrogen-bond donors (Lipinski definition) is 1. The van der Waals surface area contributed by atoms with Crippen LogP contribution in [0.5, 0.6) is 11.5 Å². The Morgan fingerprint density at radius 3 is 1.65 bits per heavy atom. The van der Waals surface area contributed by atoms with Crippen molar-refractivity contribution in [3.8, 4) is 11.5 Å². The minimum Gasteiger partial charge on any atom is -0.489 e. The van der Waals surface area contributed by atoms with Crippen molar-refractivity contribution in [2.45, 2.75) is 27.1 Å². The second kappa shape index (κ2) is 13.5. The lowest BCUT2D eigenvalue weighted by molar-refractivity contribution is 0.0563. The molecule has 0 radical (unpaired) electrons. The van der Waals surface area contributed by atoms with Crippen molar-refractivity contribution in [2.75, 3.05) is 7.11 Å². The number of carboxylic acids is 1. The summed E-state index contributed by atoms with van der Waals surface area (Å²) in [6.07, 6.45) is 0. The second-order valence-corrected chi connectivity index (χ2v) is 10.2. The van der Waals surface area contributed by atoms with Gasteiger partial charge in [-0.1, -0.05) is 12.1 Å². The van der Waals surface area contributed by atoms with Crippen LogP contribution in [0.15, 0.2) is 69.5 Å². The summed E-state index contributed by atoms with van der Waals surface area (Å²) < 4.78 is 28.5. The van der Waals surface area contributed by atoms with Gasteiger partial charge in [0, 0.05) is 18.3 Å². The van der Waals surface area contributed by atoms with E-state index in [0.29, 0.717) is 24.7 Å². The highest BCUT2D eigenvalue weighted by Gasteiger charge is 2.15. The van der Waals surface area contributed by atoms with E-state index in [1.165, 1.54) is 13.2 Å². The molecule has 4 rings (SSSR count). The van der Waals surface area contributed by atoms with Crippen LogP contribution in [0.2, 0.25) is 0 Å². The van der Waals surface area contributed by atoms with Crippen molar-refractivity contribution < 1.29 is 37.7 Å². The third-order valence-corrected chi connectivity index (χ3v) is 6.36. The van der Waals surface area contributed by atoms with Crippen LogP contribution in [0, 0.1) is 21.0 Å². The SMILES string of the molecule is COC(=O)c1cc(COc2cccc(I)c2)c(C)o1.Cc1oc(C(=O)O)cc1COc1cccc(I)c1. The topological polar surface area (TPSA) is 108 Å². The molecule has 0 amide bonds. The lowest BCUT2D eigenvalue weighted by atomic mass is 10.2. The predicted octanol–water partition coefficient (Wildman–Crippen LogP) is 7.03. The third-order valence-electron chi connectivity index (χ3n) is 5.02. The minimum absolute atomic E-state index is 0.0613.